The number of methoxy groups -OCH3 is 1. The van der Waals surface area contributed by atoms with E-state index < -0.39 is 4.92 Å². The standard InChI is InChI=1S/C17H20ClN3O3/c1-20(2)17(12-5-4-6-14(9-12)24-3)11-19-16-8-7-13(21(22)23)10-15(16)18/h4-10,17,19H,11H2,1-3H3/t17-/m1/s1. The molecule has 2 aromatic rings. The summed E-state index contributed by atoms with van der Waals surface area (Å²) < 4.78 is 5.28. The van der Waals surface area contributed by atoms with E-state index in [4.69, 9.17) is 16.3 Å². The van der Waals surface area contributed by atoms with Crippen LogP contribution in [0.5, 0.6) is 5.75 Å². The maximum absolute atomic E-state index is 10.8. The molecule has 0 bridgehead atoms. The predicted octanol–water partition coefficient (Wildman–Crippen LogP) is 3.97. The molecular weight excluding hydrogens is 330 g/mol. The van der Waals surface area contributed by atoms with Crippen molar-refractivity contribution < 1.29 is 9.66 Å². The molecule has 0 saturated heterocycles. The molecule has 6 nitrogen and oxygen atoms in total. The second-order valence-electron chi connectivity index (χ2n) is 5.56. The van der Waals surface area contributed by atoms with Crippen molar-refractivity contribution in [3.63, 3.8) is 0 Å². The van der Waals surface area contributed by atoms with Crippen molar-refractivity contribution in [3.8, 4) is 5.75 Å². The Balaban J connectivity index is 2.16. The highest BCUT2D eigenvalue weighted by Gasteiger charge is 2.16. The quantitative estimate of drug-likeness (QED) is 0.605. The van der Waals surface area contributed by atoms with Gasteiger partial charge in [-0.05, 0) is 37.9 Å². The number of likely N-dealkylation sites (N-methyl/N-ethyl adjacent to an activating group) is 1. The summed E-state index contributed by atoms with van der Waals surface area (Å²) in [5.74, 6) is 0.799. The van der Waals surface area contributed by atoms with Gasteiger partial charge in [-0.3, -0.25) is 10.1 Å². The highest BCUT2D eigenvalue weighted by molar-refractivity contribution is 6.33. The van der Waals surface area contributed by atoms with Crippen LogP contribution >= 0.6 is 11.6 Å². The van der Waals surface area contributed by atoms with Crippen molar-refractivity contribution in [2.24, 2.45) is 0 Å². The van der Waals surface area contributed by atoms with Gasteiger partial charge in [0.1, 0.15) is 5.75 Å². The predicted molar refractivity (Wildman–Crippen MR) is 96.0 cm³/mol. The van der Waals surface area contributed by atoms with Crippen LogP contribution in [0.1, 0.15) is 11.6 Å². The number of nitrogens with zero attached hydrogens (tertiary/aromatic N) is 2. The summed E-state index contributed by atoms with van der Waals surface area (Å²) in [5, 5.41) is 14.4. The number of rotatable bonds is 7. The largest absolute Gasteiger partial charge is 0.497 e. The zero-order chi connectivity index (χ0) is 17.7. The number of anilines is 1. The fourth-order valence-corrected chi connectivity index (χ4v) is 2.66. The number of ether oxygens (including phenoxy) is 1. The maximum atomic E-state index is 10.8. The van der Waals surface area contributed by atoms with E-state index in [0.29, 0.717) is 17.3 Å². The molecule has 0 heterocycles. The molecule has 0 saturated carbocycles. The van der Waals surface area contributed by atoms with Gasteiger partial charge in [0.25, 0.3) is 5.69 Å². The molecule has 128 valence electrons. The third kappa shape index (κ3) is 4.37. The second kappa shape index (κ2) is 7.99. The summed E-state index contributed by atoms with van der Waals surface area (Å²) in [6.45, 7) is 0.595. The Labute approximate surface area is 146 Å². The average Bonchev–Trinajstić information content (AvgIpc) is 2.56. The first-order valence-electron chi connectivity index (χ1n) is 7.40. The Morgan fingerprint density at radius 1 is 1.29 bits per heavy atom. The fraction of sp³-hybridized carbons (Fsp3) is 0.294. The van der Waals surface area contributed by atoms with Gasteiger partial charge in [0, 0.05) is 18.7 Å². The summed E-state index contributed by atoms with van der Waals surface area (Å²) in [7, 11) is 5.62. The summed E-state index contributed by atoms with van der Waals surface area (Å²) in [6.07, 6.45) is 0. The number of benzene rings is 2. The first kappa shape index (κ1) is 18.0. The molecule has 24 heavy (non-hydrogen) atoms. The van der Waals surface area contributed by atoms with Crippen LogP contribution in [0.3, 0.4) is 0 Å². The van der Waals surface area contributed by atoms with Gasteiger partial charge in [0.15, 0.2) is 0 Å². The number of nitrogens with one attached hydrogen (secondary N) is 1. The number of hydrogen-bond acceptors (Lipinski definition) is 5. The smallest absolute Gasteiger partial charge is 0.271 e. The van der Waals surface area contributed by atoms with Crippen LogP contribution < -0.4 is 10.1 Å². The van der Waals surface area contributed by atoms with Crippen molar-refractivity contribution in [3.05, 3.63) is 63.2 Å². The molecule has 2 rings (SSSR count). The number of halogens is 1. The van der Waals surface area contributed by atoms with E-state index in [1.165, 1.54) is 12.1 Å². The lowest BCUT2D eigenvalue weighted by molar-refractivity contribution is -0.384. The monoisotopic (exact) mass is 349 g/mol. The number of nitro groups is 1. The lowest BCUT2D eigenvalue weighted by Crippen LogP contribution is -2.27. The lowest BCUT2D eigenvalue weighted by atomic mass is 10.1. The maximum Gasteiger partial charge on any atom is 0.271 e. The Morgan fingerprint density at radius 2 is 2.04 bits per heavy atom. The van der Waals surface area contributed by atoms with Crippen molar-refractivity contribution in [1.82, 2.24) is 4.90 Å². The van der Waals surface area contributed by atoms with Gasteiger partial charge in [0.05, 0.1) is 28.8 Å². The number of hydrogen-bond donors (Lipinski definition) is 1. The zero-order valence-electron chi connectivity index (χ0n) is 13.8. The zero-order valence-corrected chi connectivity index (χ0v) is 14.6. The number of nitro benzene ring substituents is 1. The van der Waals surface area contributed by atoms with Crippen molar-refractivity contribution >= 4 is 23.0 Å². The minimum Gasteiger partial charge on any atom is -0.497 e. The van der Waals surface area contributed by atoms with Crippen molar-refractivity contribution in [2.45, 2.75) is 6.04 Å². The van der Waals surface area contributed by atoms with Crippen LogP contribution in [-0.2, 0) is 0 Å². The van der Waals surface area contributed by atoms with Crippen LogP contribution in [0, 0.1) is 10.1 Å². The van der Waals surface area contributed by atoms with E-state index in [2.05, 4.69) is 10.2 Å². The Bertz CT molecular complexity index is 722. The van der Waals surface area contributed by atoms with Gasteiger partial charge in [-0.1, -0.05) is 23.7 Å². The highest BCUT2D eigenvalue weighted by Crippen LogP contribution is 2.28. The SMILES string of the molecule is COc1cccc([C@@H](CNc2ccc([N+](=O)[O-])cc2Cl)N(C)C)c1. The van der Waals surface area contributed by atoms with E-state index in [9.17, 15) is 10.1 Å². The molecule has 0 aliphatic heterocycles. The van der Waals surface area contributed by atoms with E-state index in [0.717, 1.165) is 11.3 Å². The van der Waals surface area contributed by atoms with Crippen LogP contribution in [0.15, 0.2) is 42.5 Å². The summed E-state index contributed by atoms with van der Waals surface area (Å²) in [5.41, 5.74) is 1.74. The van der Waals surface area contributed by atoms with E-state index in [-0.39, 0.29) is 11.7 Å². The Morgan fingerprint density at radius 3 is 2.62 bits per heavy atom. The van der Waals surface area contributed by atoms with Crippen LogP contribution in [0.25, 0.3) is 0 Å². The Kier molecular flexibility index (Phi) is 6.00. The second-order valence-corrected chi connectivity index (χ2v) is 5.97. The first-order valence-corrected chi connectivity index (χ1v) is 7.78. The molecule has 0 aliphatic carbocycles. The van der Waals surface area contributed by atoms with Crippen LogP contribution in [-0.4, -0.2) is 37.6 Å². The molecule has 1 atom stereocenters. The van der Waals surface area contributed by atoms with Crippen LogP contribution in [0.2, 0.25) is 5.02 Å². The van der Waals surface area contributed by atoms with Crippen molar-refractivity contribution in [1.29, 1.82) is 0 Å². The molecule has 0 aliphatic rings. The van der Waals surface area contributed by atoms with E-state index >= 15 is 0 Å². The lowest BCUT2D eigenvalue weighted by Gasteiger charge is -2.26. The molecule has 7 heteroatoms. The molecule has 1 N–H and O–H groups in total. The molecule has 0 fully saturated rings. The molecule has 0 amide bonds. The Hall–Kier alpha value is -2.31. The van der Waals surface area contributed by atoms with Gasteiger partial charge in [-0.2, -0.15) is 0 Å². The molecule has 0 radical (unpaired) electrons. The van der Waals surface area contributed by atoms with Gasteiger partial charge in [0.2, 0.25) is 0 Å². The third-order valence-electron chi connectivity index (χ3n) is 3.75. The third-order valence-corrected chi connectivity index (χ3v) is 4.06. The number of non-ortho nitro benzene ring substituents is 1. The average molecular weight is 350 g/mol. The van der Waals surface area contributed by atoms with E-state index in [1.807, 2.05) is 38.4 Å². The molecule has 2 aromatic carbocycles. The van der Waals surface area contributed by atoms with Crippen LogP contribution in [0.4, 0.5) is 11.4 Å². The van der Waals surface area contributed by atoms with Crippen molar-refractivity contribution in [2.75, 3.05) is 33.1 Å². The molecule has 0 aromatic heterocycles. The minimum absolute atomic E-state index is 0.0255. The first-order chi connectivity index (χ1) is 11.4. The fourth-order valence-electron chi connectivity index (χ4n) is 2.41. The normalized spacial score (nSPS) is 12.0. The van der Waals surface area contributed by atoms with Gasteiger partial charge in [-0.15, -0.1) is 0 Å². The summed E-state index contributed by atoms with van der Waals surface area (Å²) >= 11 is 6.13. The van der Waals surface area contributed by atoms with Gasteiger partial charge >= 0.3 is 0 Å². The van der Waals surface area contributed by atoms with Gasteiger partial charge < -0.3 is 15.0 Å². The molecule has 0 spiro atoms. The molecular formula is C17H20ClN3O3. The minimum atomic E-state index is -0.464. The van der Waals surface area contributed by atoms with Gasteiger partial charge in [-0.25, -0.2) is 0 Å². The summed E-state index contributed by atoms with van der Waals surface area (Å²) in [6, 6.07) is 12.4. The molecule has 0 unspecified atom stereocenters. The topological polar surface area (TPSA) is 67.6 Å². The van der Waals surface area contributed by atoms with E-state index in [1.54, 1.807) is 13.2 Å². The summed E-state index contributed by atoms with van der Waals surface area (Å²) in [4.78, 5) is 12.4. The highest BCUT2D eigenvalue weighted by atomic mass is 35.5.